The number of likely N-dealkylation sites (tertiary alicyclic amines) is 1. The first-order valence-corrected chi connectivity index (χ1v) is 8.60. The minimum absolute atomic E-state index is 0.00270. The highest BCUT2D eigenvalue weighted by Crippen LogP contribution is 2.19. The lowest BCUT2D eigenvalue weighted by atomic mass is 9.97. The minimum atomic E-state index is -0.00270. The van der Waals surface area contributed by atoms with Crippen LogP contribution >= 0.6 is 0 Å². The van der Waals surface area contributed by atoms with Gasteiger partial charge in [0, 0.05) is 37.6 Å². The summed E-state index contributed by atoms with van der Waals surface area (Å²) in [7, 11) is 0. The van der Waals surface area contributed by atoms with Crippen molar-refractivity contribution in [1.82, 2.24) is 15.2 Å². The number of hydrogen-bond donors (Lipinski definition) is 2. The third kappa shape index (κ3) is 4.03. The molecule has 0 radical (unpaired) electrons. The van der Waals surface area contributed by atoms with Crippen LogP contribution in [0.4, 0.5) is 0 Å². The number of nitrogens with zero attached hydrogens (tertiary/aromatic N) is 1. The Morgan fingerprint density at radius 1 is 1.38 bits per heavy atom. The van der Waals surface area contributed by atoms with Crippen LogP contribution in [0.15, 0.2) is 29.1 Å². The van der Waals surface area contributed by atoms with Crippen molar-refractivity contribution in [3.8, 4) is 0 Å². The standard InChI is InChI=1S/C19H25N3O2/c1-13-5-6-16-9-17(19(24)21-18(16)8-13)12-22-7-3-4-15(11-22)10-20-14(2)23/h5-6,8-9,15H,3-4,7,10-12H2,1-2H3,(H,20,23)(H,21,24)/t15-/m0/s1. The number of carbonyl (C=O) groups excluding carboxylic acids is 1. The van der Waals surface area contributed by atoms with Gasteiger partial charge in [-0.2, -0.15) is 0 Å². The fraction of sp³-hybridized carbons (Fsp3) is 0.474. The third-order valence-electron chi connectivity index (χ3n) is 4.72. The first kappa shape index (κ1) is 16.7. The maximum atomic E-state index is 12.4. The van der Waals surface area contributed by atoms with Crippen molar-refractivity contribution >= 4 is 16.8 Å². The molecule has 3 rings (SSSR count). The Morgan fingerprint density at radius 3 is 3.00 bits per heavy atom. The maximum Gasteiger partial charge on any atom is 0.252 e. The van der Waals surface area contributed by atoms with Gasteiger partial charge in [-0.3, -0.25) is 14.5 Å². The van der Waals surface area contributed by atoms with Crippen LogP contribution in [-0.2, 0) is 11.3 Å². The second-order valence-corrected chi connectivity index (χ2v) is 6.89. The average molecular weight is 327 g/mol. The second-order valence-electron chi connectivity index (χ2n) is 6.89. The van der Waals surface area contributed by atoms with Crippen molar-refractivity contribution in [3.63, 3.8) is 0 Å². The van der Waals surface area contributed by atoms with Gasteiger partial charge in [-0.1, -0.05) is 12.1 Å². The zero-order valence-corrected chi connectivity index (χ0v) is 14.4. The molecule has 0 spiro atoms. The Kier molecular flexibility index (Phi) is 5.00. The maximum absolute atomic E-state index is 12.4. The Balaban J connectivity index is 1.72. The molecule has 1 aromatic heterocycles. The average Bonchev–Trinajstić information content (AvgIpc) is 2.54. The molecular weight excluding hydrogens is 302 g/mol. The Morgan fingerprint density at radius 2 is 2.21 bits per heavy atom. The SMILES string of the molecule is CC(=O)NC[C@@H]1CCCN(Cc2cc3ccc(C)cc3[nH]c2=O)C1. The number of aromatic nitrogens is 1. The van der Waals surface area contributed by atoms with Crippen LogP contribution in [0.5, 0.6) is 0 Å². The Hall–Kier alpha value is -2.14. The number of H-pyrrole nitrogens is 1. The highest BCUT2D eigenvalue weighted by Gasteiger charge is 2.21. The predicted molar refractivity (Wildman–Crippen MR) is 96.0 cm³/mol. The highest BCUT2D eigenvalue weighted by atomic mass is 16.1. The molecule has 1 saturated heterocycles. The van der Waals surface area contributed by atoms with E-state index in [1.165, 1.54) is 0 Å². The number of rotatable bonds is 4. The summed E-state index contributed by atoms with van der Waals surface area (Å²) in [5.74, 6) is 0.484. The van der Waals surface area contributed by atoms with E-state index in [1.807, 2.05) is 19.1 Å². The molecule has 0 aliphatic carbocycles. The number of aryl methyl sites for hydroxylation is 1. The Bertz CT molecular complexity index is 797. The number of amides is 1. The van der Waals surface area contributed by atoms with Crippen LogP contribution in [-0.4, -0.2) is 35.4 Å². The number of pyridine rings is 1. The molecular formula is C19H25N3O2. The van der Waals surface area contributed by atoms with Crippen molar-refractivity contribution in [2.75, 3.05) is 19.6 Å². The molecule has 5 heteroatoms. The first-order chi connectivity index (χ1) is 11.5. The highest BCUT2D eigenvalue weighted by molar-refractivity contribution is 5.79. The van der Waals surface area contributed by atoms with Gasteiger partial charge in [-0.25, -0.2) is 0 Å². The van der Waals surface area contributed by atoms with Crippen LogP contribution in [0.1, 0.15) is 30.9 Å². The second kappa shape index (κ2) is 7.18. The lowest BCUT2D eigenvalue weighted by Crippen LogP contribution is -2.40. The molecule has 1 aliphatic heterocycles. The fourth-order valence-corrected chi connectivity index (χ4v) is 3.47. The van der Waals surface area contributed by atoms with Gasteiger partial charge in [0.1, 0.15) is 0 Å². The van der Waals surface area contributed by atoms with Crippen molar-refractivity contribution in [3.05, 3.63) is 45.7 Å². The predicted octanol–water partition coefficient (Wildman–Crippen LogP) is 2.18. The lowest BCUT2D eigenvalue weighted by molar-refractivity contribution is -0.119. The van der Waals surface area contributed by atoms with Gasteiger partial charge in [0.15, 0.2) is 0 Å². The van der Waals surface area contributed by atoms with Crippen LogP contribution in [0, 0.1) is 12.8 Å². The van der Waals surface area contributed by atoms with Gasteiger partial charge >= 0.3 is 0 Å². The van der Waals surface area contributed by atoms with Gasteiger partial charge in [-0.05, 0) is 55.3 Å². The van der Waals surface area contributed by atoms with Crippen LogP contribution in [0.2, 0.25) is 0 Å². The normalized spacial score (nSPS) is 18.7. The molecule has 1 atom stereocenters. The third-order valence-corrected chi connectivity index (χ3v) is 4.72. The van der Waals surface area contributed by atoms with Crippen LogP contribution < -0.4 is 10.9 Å². The smallest absolute Gasteiger partial charge is 0.252 e. The van der Waals surface area contributed by atoms with E-state index < -0.39 is 0 Å². The first-order valence-electron chi connectivity index (χ1n) is 8.60. The number of nitrogens with one attached hydrogen (secondary N) is 2. The van der Waals surface area contributed by atoms with E-state index >= 15 is 0 Å². The van der Waals surface area contributed by atoms with Gasteiger partial charge in [-0.15, -0.1) is 0 Å². The van der Waals surface area contributed by atoms with E-state index in [0.29, 0.717) is 12.5 Å². The van der Waals surface area contributed by atoms with Crippen molar-refractivity contribution in [2.24, 2.45) is 5.92 Å². The molecule has 0 bridgehead atoms. The number of benzene rings is 1. The van der Waals surface area contributed by atoms with Gasteiger partial charge < -0.3 is 10.3 Å². The molecule has 24 heavy (non-hydrogen) atoms. The van der Waals surface area contributed by atoms with Gasteiger partial charge in [0.2, 0.25) is 5.91 Å². The lowest BCUT2D eigenvalue weighted by Gasteiger charge is -2.32. The van der Waals surface area contributed by atoms with E-state index in [9.17, 15) is 9.59 Å². The number of carbonyl (C=O) groups is 1. The molecule has 1 aliphatic rings. The molecule has 128 valence electrons. The van der Waals surface area contributed by atoms with E-state index in [-0.39, 0.29) is 11.5 Å². The van der Waals surface area contributed by atoms with Gasteiger partial charge in [0.05, 0.1) is 0 Å². The van der Waals surface area contributed by atoms with Crippen LogP contribution in [0.3, 0.4) is 0 Å². The monoisotopic (exact) mass is 327 g/mol. The zero-order valence-electron chi connectivity index (χ0n) is 14.4. The number of hydrogen-bond acceptors (Lipinski definition) is 3. The molecule has 2 N–H and O–H groups in total. The molecule has 0 unspecified atom stereocenters. The number of piperidine rings is 1. The summed E-state index contributed by atoms with van der Waals surface area (Å²) in [6.45, 7) is 6.88. The van der Waals surface area contributed by atoms with E-state index in [1.54, 1.807) is 6.92 Å². The molecule has 2 heterocycles. The molecule has 2 aromatic rings. The topological polar surface area (TPSA) is 65.2 Å². The summed E-state index contributed by atoms with van der Waals surface area (Å²) in [5, 5.41) is 3.98. The Labute approximate surface area is 142 Å². The summed E-state index contributed by atoms with van der Waals surface area (Å²) in [4.78, 5) is 28.8. The molecule has 1 amide bonds. The number of aromatic amines is 1. The van der Waals surface area contributed by atoms with Crippen molar-refractivity contribution in [2.45, 2.75) is 33.2 Å². The largest absolute Gasteiger partial charge is 0.356 e. The summed E-state index contributed by atoms with van der Waals surface area (Å²) in [5.41, 5.74) is 2.84. The molecule has 1 aromatic carbocycles. The zero-order chi connectivity index (χ0) is 17.1. The van der Waals surface area contributed by atoms with Gasteiger partial charge in [0.25, 0.3) is 5.56 Å². The minimum Gasteiger partial charge on any atom is -0.356 e. The summed E-state index contributed by atoms with van der Waals surface area (Å²) >= 11 is 0. The van der Waals surface area contributed by atoms with Crippen molar-refractivity contribution in [1.29, 1.82) is 0 Å². The quantitative estimate of drug-likeness (QED) is 0.905. The van der Waals surface area contributed by atoms with Crippen molar-refractivity contribution < 1.29 is 4.79 Å². The molecule has 5 nitrogen and oxygen atoms in total. The number of fused-ring (bicyclic) bond motifs is 1. The van der Waals surface area contributed by atoms with E-state index in [0.717, 1.165) is 54.5 Å². The van der Waals surface area contributed by atoms with E-state index in [2.05, 4.69) is 27.3 Å². The fourth-order valence-electron chi connectivity index (χ4n) is 3.47. The summed E-state index contributed by atoms with van der Waals surface area (Å²) < 4.78 is 0. The van der Waals surface area contributed by atoms with Crippen LogP contribution in [0.25, 0.3) is 10.9 Å². The van der Waals surface area contributed by atoms with E-state index in [4.69, 9.17) is 0 Å². The summed E-state index contributed by atoms with van der Waals surface area (Å²) in [6.07, 6.45) is 2.24. The summed E-state index contributed by atoms with van der Waals surface area (Å²) in [6, 6.07) is 8.13. The molecule has 1 fully saturated rings. The molecule has 0 saturated carbocycles.